The molecule has 3 heteroatoms. The molecule has 1 aromatic heterocycles. The van der Waals surface area contributed by atoms with Crippen LogP contribution in [0.2, 0.25) is 0 Å². The summed E-state index contributed by atoms with van der Waals surface area (Å²) in [7, 11) is 0. The molecule has 2 rings (SSSR count). The normalized spacial score (nSPS) is 12.7. The van der Waals surface area contributed by atoms with Crippen molar-refractivity contribution in [2.75, 3.05) is 13.1 Å². The second kappa shape index (κ2) is 6.40. The molecule has 1 heterocycles. The van der Waals surface area contributed by atoms with Crippen LogP contribution in [0, 0.1) is 11.3 Å². The van der Waals surface area contributed by atoms with Crippen LogP contribution in [-0.2, 0) is 0 Å². The maximum absolute atomic E-state index is 9.58. The molecule has 2 aromatic rings. The number of hydrogen-bond donors (Lipinski definition) is 1. The molecule has 0 aliphatic rings. The van der Waals surface area contributed by atoms with Crippen LogP contribution in [-0.4, -0.2) is 23.0 Å². The van der Waals surface area contributed by atoms with Gasteiger partial charge >= 0.3 is 0 Å². The van der Waals surface area contributed by atoms with Crippen LogP contribution in [0.5, 0.6) is 0 Å². The summed E-state index contributed by atoms with van der Waals surface area (Å²) in [6, 6.07) is 10.5. The van der Waals surface area contributed by atoms with Gasteiger partial charge in [0.2, 0.25) is 0 Å². The maximum atomic E-state index is 9.58. The Bertz CT molecular complexity index is 559. The van der Waals surface area contributed by atoms with Gasteiger partial charge < -0.3 is 4.98 Å². The molecule has 0 radical (unpaired) electrons. The molecule has 0 spiro atoms. The van der Waals surface area contributed by atoms with Crippen molar-refractivity contribution in [3.05, 3.63) is 36.0 Å². The number of rotatable bonds is 6. The summed E-state index contributed by atoms with van der Waals surface area (Å²) >= 11 is 0. The van der Waals surface area contributed by atoms with E-state index in [0.29, 0.717) is 0 Å². The number of benzene rings is 1. The molecule has 0 amide bonds. The van der Waals surface area contributed by atoms with Crippen LogP contribution in [0.1, 0.15) is 38.3 Å². The number of aromatic amines is 1. The third-order valence-electron chi connectivity index (χ3n) is 3.42. The molecule has 0 saturated carbocycles. The molecular weight excluding hydrogens is 234 g/mol. The summed E-state index contributed by atoms with van der Waals surface area (Å²) < 4.78 is 0. The zero-order valence-electron chi connectivity index (χ0n) is 11.7. The Balaban J connectivity index is 2.38. The third kappa shape index (κ3) is 2.80. The molecule has 3 nitrogen and oxygen atoms in total. The molecule has 0 aliphatic heterocycles. The molecule has 0 aliphatic carbocycles. The molecule has 1 N–H and O–H groups in total. The number of hydrogen-bond acceptors (Lipinski definition) is 2. The van der Waals surface area contributed by atoms with Gasteiger partial charge in [-0.05, 0) is 32.0 Å². The lowest BCUT2D eigenvalue weighted by Crippen LogP contribution is -2.29. The minimum Gasteiger partial charge on any atom is -0.361 e. The first-order valence-electron chi connectivity index (χ1n) is 7.01. The predicted molar refractivity (Wildman–Crippen MR) is 78.8 cm³/mol. The van der Waals surface area contributed by atoms with Crippen molar-refractivity contribution in [2.24, 2.45) is 0 Å². The monoisotopic (exact) mass is 255 g/mol. The first kappa shape index (κ1) is 13.6. The van der Waals surface area contributed by atoms with Gasteiger partial charge in [-0.2, -0.15) is 5.26 Å². The van der Waals surface area contributed by atoms with Crippen LogP contribution in [0.25, 0.3) is 10.9 Å². The average molecular weight is 255 g/mol. The Hall–Kier alpha value is -1.79. The van der Waals surface area contributed by atoms with Gasteiger partial charge in [-0.25, -0.2) is 0 Å². The molecule has 0 bridgehead atoms. The van der Waals surface area contributed by atoms with E-state index in [-0.39, 0.29) is 6.04 Å². The lowest BCUT2D eigenvalue weighted by molar-refractivity contribution is 0.237. The van der Waals surface area contributed by atoms with E-state index in [1.165, 1.54) is 0 Å². The van der Waals surface area contributed by atoms with Crippen molar-refractivity contribution in [3.8, 4) is 6.07 Å². The first-order valence-corrected chi connectivity index (χ1v) is 7.01. The molecule has 0 saturated heterocycles. The van der Waals surface area contributed by atoms with Crippen LogP contribution in [0.15, 0.2) is 30.5 Å². The average Bonchev–Trinajstić information content (AvgIpc) is 2.84. The van der Waals surface area contributed by atoms with Crippen LogP contribution < -0.4 is 0 Å². The molecule has 100 valence electrons. The number of aromatic nitrogens is 1. The SMILES string of the molecule is CCCN(CCC)C(C#N)c1c[nH]c2ccccc12. The minimum absolute atomic E-state index is 0.156. The minimum atomic E-state index is -0.156. The number of nitriles is 1. The highest BCUT2D eigenvalue weighted by Crippen LogP contribution is 2.28. The fraction of sp³-hybridized carbons (Fsp3) is 0.438. The van der Waals surface area contributed by atoms with Crippen molar-refractivity contribution < 1.29 is 0 Å². The van der Waals surface area contributed by atoms with Gasteiger partial charge in [0.05, 0.1) is 6.07 Å². The van der Waals surface area contributed by atoms with Gasteiger partial charge in [-0.1, -0.05) is 32.0 Å². The summed E-state index contributed by atoms with van der Waals surface area (Å²) in [5.74, 6) is 0. The van der Waals surface area contributed by atoms with Gasteiger partial charge in [-0.3, -0.25) is 4.90 Å². The van der Waals surface area contributed by atoms with Crippen molar-refractivity contribution in [1.29, 1.82) is 5.26 Å². The summed E-state index contributed by atoms with van der Waals surface area (Å²) in [4.78, 5) is 5.54. The standard InChI is InChI=1S/C16H21N3/c1-3-9-19(10-4-2)16(11-17)14-12-18-15-8-6-5-7-13(14)15/h5-8,12,16,18H,3-4,9-10H2,1-2H3. The van der Waals surface area contributed by atoms with E-state index < -0.39 is 0 Å². The number of H-pyrrole nitrogens is 1. The van der Waals surface area contributed by atoms with E-state index in [9.17, 15) is 5.26 Å². The Kier molecular flexibility index (Phi) is 4.59. The molecule has 19 heavy (non-hydrogen) atoms. The van der Waals surface area contributed by atoms with E-state index in [4.69, 9.17) is 0 Å². The van der Waals surface area contributed by atoms with E-state index >= 15 is 0 Å². The zero-order chi connectivity index (χ0) is 13.7. The van der Waals surface area contributed by atoms with E-state index in [0.717, 1.165) is 42.4 Å². The van der Waals surface area contributed by atoms with Crippen LogP contribution in [0.3, 0.4) is 0 Å². The van der Waals surface area contributed by atoms with Gasteiger partial charge in [0.1, 0.15) is 6.04 Å². The van der Waals surface area contributed by atoms with Gasteiger partial charge in [0.15, 0.2) is 0 Å². The van der Waals surface area contributed by atoms with Crippen molar-refractivity contribution in [2.45, 2.75) is 32.7 Å². The number of nitrogens with one attached hydrogen (secondary N) is 1. The highest BCUT2D eigenvalue weighted by molar-refractivity contribution is 5.83. The predicted octanol–water partition coefficient (Wildman–Crippen LogP) is 3.85. The topological polar surface area (TPSA) is 42.8 Å². The van der Waals surface area contributed by atoms with Gasteiger partial charge in [0.25, 0.3) is 0 Å². The summed E-state index contributed by atoms with van der Waals surface area (Å²) in [6.07, 6.45) is 4.12. The highest BCUT2D eigenvalue weighted by atomic mass is 15.1. The van der Waals surface area contributed by atoms with Crippen LogP contribution >= 0.6 is 0 Å². The Labute approximate surface area is 114 Å². The fourth-order valence-electron chi connectivity index (χ4n) is 2.61. The second-order valence-electron chi connectivity index (χ2n) is 4.86. The lowest BCUT2D eigenvalue weighted by Gasteiger charge is -2.26. The van der Waals surface area contributed by atoms with E-state index in [1.807, 2.05) is 18.3 Å². The van der Waals surface area contributed by atoms with Gasteiger partial charge in [0, 0.05) is 22.7 Å². The van der Waals surface area contributed by atoms with E-state index in [2.05, 4.69) is 41.9 Å². The molecule has 1 atom stereocenters. The summed E-state index contributed by atoms with van der Waals surface area (Å²) in [5, 5.41) is 10.7. The number of fused-ring (bicyclic) bond motifs is 1. The fourth-order valence-corrected chi connectivity index (χ4v) is 2.61. The maximum Gasteiger partial charge on any atom is 0.125 e. The molecular formula is C16H21N3. The summed E-state index contributed by atoms with van der Waals surface area (Å²) in [5.41, 5.74) is 2.20. The second-order valence-corrected chi connectivity index (χ2v) is 4.86. The zero-order valence-corrected chi connectivity index (χ0v) is 11.7. The molecule has 0 fully saturated rings. The molecule has 1 unspecified atom stereocenters. The van der Waals surface area contributed by atoms with Crippen LogP contribution in [0.4, 0.5) is 0 Å². The van der Waals surface area contributed by atoms with Crippen molar-refractivity contribution >= 4 is 10.9 Å². The number of nitrogens with zero attached hydrogens (tertiary/aromatic N) is 2. The Morgan fingerprint density at radius 1 is 1.21 bits per heavy atom. The molecule has 1 aromatic carbocycles. The quantitative estimate of drug-likeness (QED) is 0.851. The first-order chi connectivity index (χ1) is 9.31. The Morgan fingerprint density at radius 3 is 2.53 bits per heavy atom. The van der Waals surface area contributed by atoms with Crippen molar-refractivity contribution in [3.63, 3.8) is 0 Å². The van der Waals surface area contributed by atoms with Gasteiger partial charge in [-0.15, -0.1) is 0 Å². The highest BCUT2D eigenvalue weighted by Gasteiger charge is 2.21. The van der Waals surface area contributed by atoms with E-state index in [1.54, 1.807) is 0 Å². The third-order valence-corrected chi connectivity index (χ3v) is 3.42. The summed E-state index contributed by atoms with van der Waals surface area (Å²) in [6.45, 7) is 6.25. The smallest absolute Gasteiger partial charge is 0.125 e. The lowest BCUT2D eigenvalue weighted by atomic mass is 10.0. The number of para-hydroxylation sites is 1. The Morgan fingerprint density at radius 2 is 1.89 bits per heavy atom. The largest absolute Gasteiger partial charge is 0.361 e. The van der Waals surface area contributed by atoms with Crippen molar-refractivity contribution in [1.82, 2.24) is 9.88 Å².